The maximum atomic E-state index is 13.8. The molecule has 1 aromatic carbocycles. The molecule has 1 aliphatic heterocycles. The Morgan fingerprint density at radius 1 is 1.05 bits per heavy atom. The number of methoxy groups -OCH3 is 1. The summed E-state index contributed by atoms with van der Waals surface area (Å²) in [5.74, 6) is 1.97. The average Bonchev–Trinajstić information content (AvgIpc) is 2.91. The Morgan fingerprint density at radius 3 is 2.46 bits per heavy atom. The Balaban J connectivity index is 1.40. The topological polar surface area (TPSA) is 115 Å². The molecule has 1 aliphatic carbocycles. The second-order valence-electron chi connectivity index (χ2n) is 9.92. The Labute approximate surface area is 218 Å². The minimum Gasteiger partial charge on any atom is -0.507 e. The number of ether oxygens (including phenoxy) is 1. The largest absolute Gasteiger partial charge is 0.507 e. The molecule has 1 amide bonds. The minimum atomic E-state index is -0.373. The van der Waals surface area contributed by atoms with Gasteiger partial charge in [0.25, 0.3) is 11.5 Å². The summed E-state index contributed by atoms with van der Waals surface area (Å²) in [6.45, 7) is 1.90. The van der Waals surface area contributed by atoms with Crippen LogP contribution in [0.2, 0.25) is 0 Å². The molecule has 1 saturated carbocycles. The van der Waals surface area contributed by atoms with Crippen LogP contribution in [0.4, 0.5) is 0 Å². The van der Waals surface area contributed by atoms with Gasteiger partial charge >= 0.3 is 5.69 Å². The summed E-state index contributed by atoms with van der Waals surface area (Å²) in [5.41, 5.74) is 0.954. The summed E-state index contributed by atoms with van der Waals surface area (Å²) in [7, 11) is 1.50. The third kappa shape index (κ3) is 4.99. The molecule has 0 radical (unpaired) electrons. The predicted molar refractivity (Wildman–Crippen MR) is 144 cm³/mol. The third-order valence-electron chi connectivity index (χ3n) is 7.49. The van der Waals surface area contributed by atoms with E-state index in [0.29, 0.717) is 42.5 Å². The van der Waals surface area contributed by atoms with Crippen molar-refractivity contribution in [1.29, 1.82) is 0 Å². The number of hydrogen-bond donors (Lipinski definition) is 2. The fourth-order valence-electron chi connectivity index (χ4n) is 5.49. The molecule has 37 heavy (non-hydrogen) atoms. The third-order valence-corrected chi connectivity index (χ3v) is 8.54. The molecule has 9 nitrogen and oxygen atoms in total. The number of fused-ring (bicyclic) bond motifs is 1. The maximum Gasteiger partial charge on any atom is 0.333 e. The van der Waals surface area contributed by atoms with Crippen LogP contribution in [0, 0.1) is 6.92 Å². The number of aryl methyl sites for hydroxylation is 1. The van der Waals surface area contributed by atoms with Crippen molar-refractivity contribution in [3.63, 3.8) is 0 Å². The summed E-state index contributed by atoms with van der Waals surface area (Å²) in [6, 6.07) is 6.04. The van der Waals surface area contributed by atoms with Crippen LogP contribution in [0.1, 0.15) is 66.5 Å². The molecule has 2 aromatic heterocycles. The summed E-state index contributed by atoms with van der Waals surface area (Å²) < 4.78 is 8.37. The first-order chi connectivity index (χ1) is 17.9. The number of amides is 1. The van der Waals surface area contributed by atoms with Gasteiger partial charge in [-0.1, -0.05) is 0 Å². The normalized spacial score (nSPS) is 20.6. The van der Waals surface area contributed by atoms with Gasteiger partial charge in [-0.05, 0) is 86.8 Å². The number of benzene rings is 1. The average molecular weight is 525 g/mol. The SMILES string of the molecule is COc1ccc(O)c(C(=O)NC2CCC(n3c(=O)c4cc(C)cnc4n(C4CCSCC4)c3=O)CC2)c1. The number of aromatic hydroxyl groups is 1. The highest BCUT2D eigenvalue weighted by Gasteiger charge is 2.30. The van der Waals surface area contributed by atoms with Gasteiger partial charge in [-0.25, -0.2) is 9.78 Å². The van der Waals surface area contributed by atoms with Crippen molar-refractivity contribution >= 4 is 28.7 Å². The molecule has 5 rings (SSSR count). The number of pyridine rings is 1. The van der Waals surface area contributed by atoms with Crippen LogP contribution >= 0.6 is 11.8 Å². The summed E-state index contributed by atoms with van der Waals surface area (Å²) in [6.07, 6.45) is 5.90. The van der Waals surface area contributed by atoms with E-state index in [4.69, 9.17) is 4.74 Å². The number of aromatic nitrogens is 3. The molecule has 10 heteroatoms. The van der Waals surface area contributed by atoms with Crippen molar-refractivity contribution < 1.29 is 14.6 Å². The first-order valence-electron chi connectivity index (χ1n) is 12.8. The van der Waals surface area contributed by atoms with Crippen molar-refractivity contribution in [3.8, 4) is 11.5 Å². The fourth-order valence-corrected chi connectivity index (χ4v) is 6.58. The molecule has 3 heterocycles. The summed E-state index contributed by atoms with van der Waals surface area (Å²) in [5, 5.41) is 13.6. The number of phenolic OH excluding ortho intramolecular Hbond substituents is 1. The van der Waals surface area contributed by atoms with E-state index in [2.05, 4.69) is 10.3 Å². The van der Waals surface area contributed by atoms with Gasteiger partial charge in [-0.3, -0.25) is 18.7 Å². The molecule has 196 valence electrons. The molecular weight excluding hydrogens is 492 g/mol. The van der Waals surface area contributed by atoms with Crippen molar-refractivity contribution in [2.24, 2.45) is 0 Å². The van der Waals surface area contributed by atoms with Crippen LogP contribution in [-0.2, 0) is 0 Å². The number of carbonyl (C=O) groups excluding carboxylic acids is 1. The van der Waals surface area contributed by atoms with E-state index in [1.165, 1.54) is 23.8 Å². The summed E-state index contributed by atoms with van der Waals surface area (Å²) >= 11 is 1.89. The van der Waals surface area contributed by atoms with Gasteiger partial charge in [0, 0.05) is 24.3 Å². The van der Waals surface area contributed by atoms with Gasteiger partial charge in [0.2, 0.25) is 0 Å². The number of thioether (sulfide) groups is 1. The predicted octanol–water partition coefficient (Wildman–Crippen LogP) is 3.56. The highest BCUT2D eigenvalue weighted by molar-refractivity contribution is 7.99. The lowest BCUT2D eigenvalue weighted by atomic mass is 9.90. The number of hydrogen-bond acceptors (Lipinski definition) is 7. The number of nitrogens with zero attached hydrogens (tertiary/aromatic N) is 3. The van der Waals surface area contributed by atoms with E-state index >= 15 is 0 Å². The van der Waals surface area contributed by atoms with E-state index in [0.717, 1.165) is 29.9 Å². The lowest BCUT2D eigenvalue weighted by Gasteiger charge is -2.31. The van der Waals surface area contributed by atoms with E-state index in [-0.39, 0.29) is 46.6 Å². The van der Waals surface area contributed by atoms with Crippen molar-refractivity contribution in [1.82, 2.24) is 19.4 Å². The van der Waals surface area contributed by atoms with Gasteiger partial charge in [0.1, 0.15) is 17.1 Å². The molecule has 3 aromatic rings. The second kappa shape index (κ2) is 10.6. The van der Waals surface area contributed by atoms with Gasteiger partial charge in [-0.2, -0.15) is 11.8 Å². The zero-order valence-electron chi connectivity index (χ0n) is 21.1. The number of phenols is 1. The van der Waals surface area contributed by atoms with Crippen molar-refractivity contribution in [3.05, 3.63) is 62.4 Å². The van der Waals surface area contributed by atoms with Gasteiger partial charge in [0.15, 0.2) is 0 Å². The van der Waals surface area contributed by atoms with E-state index < -0.39 is 0 Å². The Kier molecular flexibility index (Phi) is 7.28. The molecule has 2 aliphatic rings. The molecular formula is C27H32N4O5S. The first kappa shape index (κ1) is 25.4. The number of carbonyl (C=O) groups is 1. The smallest absolute Gasteiger partial charge is 0.333 e. The van der Waals surface area contributed by atoms with Crippen molar-refractivity contribution in [2.45, 2.75) is 63.6 Å². The highest BCUT2D eigenvalue weighted by Crippen LogP contribution is 2.31. The van der Waals surface area contributed by atoms with Crippen LogP contribution < -0.4 is 21.3 Å². The lowest BCUT2D eigenvalue weighted by molar-refractivity contribution is 0.0918. The zero-order valence-corrected chi connectivity index (χ0v) is 21.9. The van der Waals surface area contributed by atoms with Crippen LogP contribution in [0.25, 0.3) is 11.0 Å². The van der Waals surface area contributed by atoms with Crippen LogP contribution in [0.15, 0.2) is 40.1 Å². The summed E-state index contributed by atoms with van der Waals surface area (Å²) in [4.78, 5) is 44.7. The Bertz CT molecular complexity index is 1440. The molecule has 0 spiro atoms. The van der Waals surface area contributed by atoms with Gasteiger partial charge in [0.05, 0.1) is 18.1 Å². The molecule has 1 saturated heterocycles. The maximum absolute atomic E-state index is 13.8. The number of rotatable bonds is 5. The standard InChI is InChI=1S/C27H32N4O5S/c1-16-13-22-24(28-15-16)30(19-9-11-37-12-10-19)27(35)31(26(22)34)18-5-3-17(4-6-18)29-25(33)21-14-20(36-2)7-8-23(21)32/h7-8,13-15,17-19,32H,3-6,9-12H2,1-2H3,(H,29,33). The number of nitrogens with one attached hydrogen (secondary N) is 1. The molecule has 0 bridgehead atoms. The van der Waals surface area contributed by atoms with Gasteiger partial charge in [-0.15, -0.1) is 0 Å². The van der Waals surface area contributed by atoms with Gasteiger partial charge < -0.3 is 15.2 Å². The van der Waals surface area contributed by atoms with Crippen molar-refractivity contribution in [2.75, 3.05) is 18.6 Å². The molecule has 0 atom stereocenters. The highest BCUT2D eigenvalue weighted by atomic mass is 32.2. The van der Waals surface area contributed by atoms with E-state index in [1.807, 2.05) is 24.8 Å². The zero-order chi connectivity index (χ0) is 26.1. The molecule has 2 N–H and O–H groups in total. The minimum absolute atomic E-state index is 0.0319. The van der Waals surface area contributed by atoms with Crippen LogP contribution in [0.3, 0.4) is 0 Å². The van der Waals surface area contributed by atoms with Crippen LogP contribution in [0.5, 0.6) is 11.5 Å². The quantitative estimate of drug-likeness (QED) is 0.524. The lowest BCUT2D eigenvalue weighted by Crippen LogP contribution is -2.46. The Hall–Kier alpha value is -3.27. The van der Waals surface area contributed by atoms with E-state index in [9.17, 15) is 19.5 Å². The Morgan fingerprint density at radius 2 is 1.76 bits per heavy atom. The van der Waals surface area contributed by atoms with Crippen LogP contribution in [-0.4, -0.2) is 49.8 Å². The fraction of sp³-hybridized carbons (Fsp3) is 0.481. The second-order valence-corrected chi connectivity index (χ2v) is 11.1. The monoisotopic (exact) mass is 524 g/mol. The van der Waals surface area contributed by atoms with E-state index in [1.54, 1.807) is 16.8 Å². The first-order valence-corrected chi connectivity index (χ1v) is 13.9. The molecule has 0 unspecified atom stereocenters. The molecule has 2 fully saturated rings.